The summed E-state index contributed by atoms with van der Waals surface area (Å²) in [6.45, 7) is 1.77. The van der Waals surface area contributed by atoms with Crippen LogP contribution in [0.25, 0.3) is 22.3 Å². The molecule has 1 aromatic heterocycles. The summed E-state index contributed by atoms with van der Waals surface area (Å²) in [7, 11) is 1.65. The molecular formula is C29H26FN3O4. The van der Waals surface area contributed by atoms with Gasteiger partial charge in [-0.05, 0) is 48.1 Å². The number of aliphatic carboxylic acids is 1. The molecule has 1 fully saturated rings. The van der Waals surface area contributed by atoms with E-state index in [-0.39, 0.29) is 5.56 Å². The largest absolute Gasteiger partial charge is 0.481 e. The van der Waals surface area contributed by atoms with Crippen LogP contribution in [0, 0.1) is 5.82 Å². The number of nitrogens with zero attached hydrogens (tertiary/aromatic N) is 2. The standard InChI is InChI=1S/C29H26FN3O4/c1-18(19-6-4-3-5-7-19)37-28(36)32-26-24(17-31-33(26)2)23-13-10-21(16-25(23)30)20-8-11-22(12-9-20)29(14-15-29)27(34)35/h3-13,16-18H,14-15H2,1-2H3,(H,32,36)(H,34,35)/t18-/m1/s1. The lowest BCUT2D eigenvalue weighted by Gasteiger charge is -2.15. The number of carbonyl (C=O) groups is 2. The number of hydrogen-bond acceptors (Lipinski definition) is 4. The van der Waals surface area contributed by atoms with Crippen LogP contribution >= 0.6 is 0 Å². The van der Waals surface area contributed by atoms with Crippen LogP contribution in [0.15, 0.2) is 79.0 Å². The van der Waals surface area contributed by atoms with Crippen LogP contribution in [0.5, 0.6) is 0 Å². The van der Waals surface area contributed by atoms with E-state index in [9.17, 15) is 14.7 Å². The maximum atomic E-state index is 15.3. The Balaban J connectivity index is 1.34. The number of benzene rings is 3. The summed E-state index contributed by atoms with van der Waals surface area (Å²) in [4.78, 5) is 24.2. The molecule has 2 N–H and O–H groups in total. The number of ether oxygens (including phenoxy) is 1. The third-order valence-electron chi connectivity index (χ3n) is 6.90. The average Bonchev–Trinajstić information content (AvgIpc) is 3.65. The van der Waals surface area contributed by atoms with Crippen LogP contribution in [-0.4, -0.2) is 26.9 Å². The number of aromatic nitrogens is 2. The monoisotopic (exact) mass is 499 g/mol. The number of amides is 1. The SMILES string of the molecule is C[C@@H](OC(=O)Nc1c(-c2ccc(-c3ccc(C4(C(=O)O)CC4)cc3)cc2F)cnn1C)c1ccccc1. The van der Waals surface area contributed by atoms with E-state index in [1.54, 1.807) is 38.2 Å². The van der Waals surface area contributed by atoms with Gasteiger partial charge in [-0.15, -0.1) is 0 Å². The first-order valence-electron chi connectivity index (χ1n) is 12.0. The fourth-order valence-electron chi connectivity index (χ4n) is 4.51. The van der Waals surface area contributed by atoms with E-state index in [0.29, 0.717) is 29.8 Å². The van der Waals surface area contributed by atoms with Gasteiger partial charge in [0.15, 0.2) is 0 Å². The highest BCUT2D eigenvalue weighted by molar-refractivity contribution is 5.90. The molecule has 188 valence electrons. The van der Waals surface area contributed by atoms with Gasteiger partial charge in [-0.2, -0.15) is 5.10 Å². The number of carboxylic acids is 1. The second-order valence-electron chi connectivity index (χ2n) is 9.27. The van der Waals surface area contributed by atoms with Gasteiger partial charge in [-0.25, -0.2) is 9.18 Å². The molecule has 3 aromatic carbocycles. The number of halogens is 1. The van der Waals surface area contributed by atoms with Gasteiger partial charge in [-0.1, -0.05) is 66.7 Å². The number of hydrogen-bond donors (Lipinski definition) is 2. The molecule has 4 aromatic rings. The number of rotatable bonds is 7. The predicted octanol–water partition coefficient (Wildman–Crippen LogP) is 6.32. The lowest BCUT2D eigenvalue weighted by atomic mass is 9.93. The van der Waals surface area contributed by atoms with Crippen LogP contribution in [0.2, 0.25) is 0 Å². The second kappa shape index (κ2) is 9.54. The molecule has 0 saturated heterocycles. The molecule has 1 saturated carbocycles. The van der Waals surface area contributed by atoms with E-state index >= 15 is 4.39 Å². The lowest BCUT2D eigenvalue weighted by molar-refractivity contribution is -0.140. The maximum Gasteiger partial charge on any atom is 0.413 e. The van der Waals surface area contributed by atoms with Gasteiger partial charge < -0.3 is 9.84 Å². The minimum absolute atomic E-state index is 0.280. The normalized spacial score (nSPS) is 14.6. The summed E-state index contributed by atoms with van der Waals surface area (Å²) < 4.78 is 22.2. The average molecular weight is 500 g/mol. The smallest absolute Gasteiger partial charge is 0.413 e. The summed E-state index contributed by atoms with van der Waals surface area (Å²) in [6.07, 6.45) is 1.61. The summed E-state index contributed by atoms with van der Waals surface area (Å²) in [5, 5.41) is 16.4. The Kier molecular flexibility index (Phi) is 6.25. The Morgan fingerprint density at radius 2 is 1.70 bits per heavy atom. The topological polar surface area (TPSA) is 93.4 Å². The van der Waals surface area contributed by atoms with E-state index in [1.165, 1.54) is 16.9 Å². The minimum atomic E-state index is -0.810. The molecule has 7 nitrogen and oxygen atoms in total. The zero-order valence-electron chi connectivity index (χ0n) is 20.4. The van der Waals surface area contributed by atoms with Crippen molar-refractivity contribution < 1.29 is 23.8 Å². The van der Waals surface area contributed by atoms with Gasteiger partial charge in [0, 0.05) is 18.2 Å². The fourth-order valence-corrected chi connectivity index (χ4v) is 4.51. The first kappa shape index (κ1) is 24.2. The number of carbonyl (C=O) groups excluding carboxylic acids is 1. The van der Waals surface area contributed by atoms with Crippen molar-refractivity contribution in [1.82, 2.24) is 9.78 Å². The Morgan fingerprint density at radius 3 is 2.32 bits per heavy atom. The lowest BCUT2D eigenvalue weighted by Crippen LogP contribution is -2.19. The molecule has 1 heterocycles. The summed E-state index contributed by atoms with van der Waals surface area (Å²) in [5.74, 6) is -0.979. The molecular weight excluding hydrogens is 473 g/mol. The first-order valence-corrected chi connectivity index (χ1v) is 12.0. The van der Waals surface area contributed by atoms with E-state index in [0.717, 1.165) is 16.7 Å². The first-order chi connectivity index (χ1) is 17.8. The van der Waals surface area contributed by atoms with Crippen molar-refractivity contribution in [3.63, 3.8) is 0 Å². The third-order valence-corrected chi connectivity index (χ3v) is 6.90. The Labute approximate surface area is 213 Å². The Hall–Kier alpha value is -4.46. The predicted molar refractivity (Wildman–Crippen MR) is 138 cm³/mol. The Bertz CT molecular complexity index is 1460. The van der Waals surface area contributed by atoms with E-state index < -0.39 is 29.4 Å². The van der Waals surface area contributed by atoms with Crippen molar-refractivity contribution in [3.8, 4) is 22.3 Å². The quantitative estimate of drug-likeness (QED) is 0.310. The van der Waals surface area contributed by atoms with Crippen LogP contribution in [0.1, 0.15) is 37.0 Å². The van der Waals surface area contributed by atoms with Crippen molar-refractivity contribution in [3.05, 3.63) is 95.9 Å². The van der Waals surface area contributed by atoms with Crippen molar-refractivity contribution >= 4 is 17.9 Å². The van der Waals surface area contributed by atoms with Crippen LogP contribution in [-0.2, 0) is 22.0 Å². The van der Waals surface area contributed by atoms with Crippen LogP contribution in [0.3, 0.4) is 0 Å². The van der Waals surface area contributed by atoms with Gasteiger partial charge in [0.05, 0.1) is 11.6 Å². The van der Waals surface area contributed by atoms with Crippen molar-refractivity contribution in [2.75, 3.05) is 5.32 Å². The minimum Gasteiger partial charge on any atom is -0.481 e. The summed E-state index contributed by atoms with van der Waals surface area (Å²) in [5.41, 5.74) is 2.97. The maximum absolute atomic E-state index is 15.3. The molecule has 0 aliphatic heterocycles. The van der Waals surface area contributed by atoms with Gasteiger partial charge in [0.25, 0.3) is 0 Å². The fraction of sp³-hybridized carbons (Fsp3) is 0.207. The molecule has 1 aliphatic carbocycles. The second-order valence-corrected chi connectivity index (χ2v) is 9.27. The van der Waals surface area contributed by atoms with Gasteiger partial charge in [0.2, 0.25) is 0 Å². The zero-order valence-corrected chi connectivity index (χ0v) is 20.4. The van der Waals surface area contributed by atoms with Gasteiger partial charge in [-0.3, -0.25) is 14.8 Å². The molecule has 37 heavy (non-hydrogen) atoms. The number of carboxylic acid groups (broad SMARTS) is 1. The third kappa shape index (κ3) is 4.70. The number of aryl methyl sites for hydroxylation is 1. The molecule has 5 rings (SSSR count). The van der Waals surface area contributed by atoms with Crippen molar-refractivity contribution in [2.45, 2.75) is 31.3 Å². The highest BCUT2D eigenvalue weighted by Crippen LogP contribution is 2.48. The molecule has 1 atom stereocenters. The number of nitrogens with one attached hydrogen (secondary N) is 1. The van der Waals surface area contributed by atoms with Crippen molar-refractivity contribution in [1.29, 1.82) is 0 Å². The molecule has 0 unspecified atom stereocenters. The Morgan fingerprint density at radius 1 is 1.03 bits per heavy atom. The molecule has 1 amide bonds. The van der Waals surface area contributed by atoms with Crippen LogP contribution < -0.4 is 5.32 Å². The summed E-state index contributed by atoms with van der Waals surface area (Å²) >= 11 is 0. The summed E-state index contributed by atoms with van der Waals surface area (Å²) in [6, 6.07) is 21.4. The van der Waals surface area contributed by atoms with E-state index in [4.69, 9.17) is 4.74 Å². The van der Waals surface area contributed by atoms with Crippen molar-refractivity contribution in [2.24, 2.45) is 7.05 Å². The van der Waals surface area contributed by atoms with Gasteiger partial charge in [0.1, 0.15) is 17.7 Å². The molecule has 1 aliphatic rings. The highest BCUT2D eigenvalue weighted by Gasteiger charge is 2.51. The molecule has 0 radical (unpaired) electrons. The molecule has 8 heteroatoms. The zero-order chi connectivity index (χ0) is 26.2. The van der Waals surface area contributed by atoms with E-state index in [1.807, 2.05) is 42.5 Å². The molecule has 0 spiro atoms. The van der Waals surface area contributed by atoms with E-state index in [2.05, 4.69) is 10.4 Å². The molecule has 0 bridgehead atoms. The number of anilines is 1. The van der Waals surface area contributed by atoms with Crippen LogP contribution in [0.4, 0.5) is 15.0 Å². The van der Waals surface area contributed by atoms with Gasteiger partial charge >= 0.3 is 12.1 Å². The highest BCUT2D eigenvalue weighted by atomic mass is 19.1.